The summed E-state index contributed by atoms with van der Waals surface area (Å²) in [5.74, 6) is 5.87. The van der Waals surface area contributed by atoms with Gasteiger partial charge in [0.15, 0.2) is 0 Å². The Balaban J connectivity index is 0.00000153. The van der Waals surface area contributed by atoms with Gasteiger partial charge in [-0.05, 0) is 61.2 Å². The predicted molar refractivity (Wildman–Crippen MR) is 132 cm³/mol. The molecule has 0 aliphatic carbocycles. The molecule has 1 aromatic carbocycles. The molecule has 0 radical (unpaired) electrons. The van der Waals surface area contributed by atoms with Crippen LogP contribution in [0.15, 0.2) is 35.9 Å². The lowest BCUT2D eigenvalue weighted by atomic mass is 9.82. The molecule has 0 aromatic heterocycles. The summed E-state index contributed by atoms with van der Waals surface area (Å²) in [5.41, 5.74) is 4.44. The van der Waals surface area contributed by atoms with Gasteiger partial charge in [0.25, 0.3) is 0 Å². The van der Waals surface area contributed by atoms with Gasteiger partial charge in [0.2, 0.25) is 0 Å². The van der Waals surface area contributed by atoms with Crippen LogP contribution in [0.5, 0.6) is 0 Å². The van der Waals surface area contributed by atoms with Gasteiger partial charge in [-0.3, -0.25) is 0 Å². The van der Waals surface area contributed by atoms with Gasteiger partial charge in [0.1, 0.15) is 0 Å². The van der Waals surface area contributed by atoms with Gasteiger partial charge in [-0.1, -0.05) is 102 Å². The number of hydrogen-bond donors (Lipinski definition) is 0. The maximum Gasteiger partial charge on any atom is -0.000787 e. The average Bonchev–Trinajstić information content (AvgIpc) is 2.61. The van der Waals surface area contributed by atoms with Crippen molar-refractivity contribution in [2.75, 3.05) is 12.5 Å². The highest BCUT2D eigenvalue weighted by Crippen LogP contribution is 2.27. The maximum absolute atomic E-state index is 3.67. The summed E-state index contributed by atoms with van der Waals surface area (Å²) in [4.78, 5) is 0. The van der Waals surface area contributed by atoms with E-state index < -0.39 is 0 Å². The van der Waals surface area contributed by atoms with E-state index in [0.717, 1.165) is 18.3 Å². The van der Waals surface area contributed by atoms with E-state index in [2.05, 4.69) is 90.3 Å². The molecule has 0 saturated heterocycles. The molecule has 0 fully saturated rings. The predicted octanol–water partition coefficient (Wildman–Crippen LogP) is 8.49. The number of allylic oxidation sites excluding steroid dienone is 2. The minimum atomic E-state index is 0.389. The van der Waals surface area contributed by atoms with Crippen molar-refractivity contribution in [3.05, 3.63) is 47.0 Å². The summed E-state index contributed by atoms with van der Waals surface area (Å²) in [6.45, 7) is 13.8. The second-order valence-electron chi connectivity index (χ2n) is 8.40. The van der Waals surface area contributed by atoms with Gasteiger partial charge in [0, 0.05) is 0 Å². The molecular weight excluding hydrogens is 344 g/mol. The number of benzene rings is 1. The van der Waals surface area contributed by atoms with Crippen LogP contribution >= 0.6 is 10.5 Å². The third-order valence-electron chi connectivity index (χ3n) is 5.30. The highest BCUT2D eigenvalue weighted by molar-refractivity contribution is 8.12. The lowest BCUT2D eigenvalue weighted by Gasteiger charge is -2.23. The third kappa shape index (κ3) is 12.3. The van der Waals surface area contributed by atoms with Crippen molar-refractivity contribution in [3.8, 4) is 0 Å². The van der Waals surface area contributed by atoms with Gasteiger partial charge in [0.05, 0.1) is 0 Å². The van der Waals surface area contributed by atoms with E-state index in [-0.39, 0.29) is 0 Å². The molecule has 1 rings (SSSR count). The first kappa shape index (κ1) is 26.2. The Bertz CT molecular complexity index is 534. The Labute approximate surface area is 173 Å². The zero-order valence-corrected chi connectivity index (χ0v) is 20.3. The molecule has 2 unspecified atom stereocenters. The average molecular weight is 391 g/mol. The molecule has 0 nitrogen and oxygen atoms in total. The minimum Gasteiger partial charge on any atom is -0.199 e. The fourth-order valence-corrected chi connectivity index (χ4v) is 3.55. The standard InChI is InChI=1S/C23H38.C3H8S/c1-7-10-19(5)23(11-8-2)17-21-12-14-22(15-13-21)20(6)16-18(4)9-3;1-4(2)3/h12-16,19-20,23H,7-11,17H2,1-6H3;1H2,2-3H3/b18-16-;/t19?,20?,23-;/m1./s1. The topological polar surface area (TPSA) is 0 Å². The molecule has 3 atom stereocenters. The van der Waals surface area contributed by atoms with E-state index >= 15 is 0 Å². The molecule has 0 bridgehead atoms. The summed E-state index contributed by atoms with van der Waals surface area (Å²) in [7, 11) is 0.389. The van der Waals surface area contributed by atoms with E-state index in [1.54, 1.807) is 0 Å². The van der Waals surface area contributed by atoms with Crippen LogP contribution in [-0.2, 0) is 6.42 Å². The van der Waals surface area contributed by atoms with Crippen molar-refractivity contribution in [3.63, 3.8) is 0 Å². The Morgan fingerprint density at radius 2 is 1.52 bits per heavy atom. The summed E-state index contributed by atoms with van der Waals surface area (Å²) in [6, 6.07) is 9.41. The van der Waals surface area contributed by atoms with Crippen LogP contribution in [0.2, 0.25) is 0 Å². The SMILES string of the molecule is C=S(C)C.CCCC(C)[C@H](CCC)Cc1ccc(C(C)/C=C(/C)CC)cc1. The fourth-order valence-electron chi connectivity index (χ4n) is 3.55. The molecule has 0 spiro atoms. The first-order valence-electron chi connectivity index (χ1n) is 10.9. The minimum absolute atomic E-state index is 0.389. The van der Waals surface area contributed by atoms with Crippen LogP contribution in [0.4, 0.5) is 0 Å². The second kappa shape index (κ2) is 15.1. The number of rotatable bonds is 10. The van der Waals surface area contributed by atoms with Crippen LogP contribution in [0, 0.1) is 11.8 Å². The molecular formula is C26H46S. The van der Waals surface area contributed by atoms with Crippen molar-refractivity contribution in [1.29, 1.82) is 0 Å². The van der Waals surface area contributed by atoms with Crippen molar-refractivity contribution in [2.45, 2.75) is 86.0 Å². The Hall–Kier alpha value is -0.820. The third-order valence-corrected chi connectivity index (χ3v) is 5.30. The van der Waals surface area contributed by atoms with Gasteiger partial charge >= 0.3 is 0 Å². The lowest BCUT2D eigenvalue weighted by Crippen LogP contribution is -2.14. The van der Waals surface area contributed by atoms with Gasteiger partial charge in [-0.15, -0.1) is 0 Å². The summed E-state index contributed by atoms with van der Waals surface area (Å²) in [5, 5.41) is 0. The van der Waals surface area contributed by atoms with Gasteiger partial charge < -0.3 is 0 Å². The smallest absolute Gasteiger partial charge is 0.000787 e. The highest BCUT2D eigenvalue weighted by atomic mass is 32.2. The van der Waals surface area contributed by atoms with Crippen LogP contribution in [0.3, 0.4) is 0 Å². The Kier molecular flexibility index (Phi) is 14.7. The van der Waals surface area contributed by atoms with Crippen LogP contribution < -0.4 is 0 Å². The molecule has 0 N–H and O–H groups in total. The molecule has 0 amide bonds. The fraction of sp³-hybridized carbons (Fsp3) is 0.654. The second-order valence-corrected chi connectivity index (χ2v) is 10.4. The summed E-state index contributed by atoms with van der Waals surface area (Å²) >= 11 is 0. The van der Waals surface area contributed by atoms with Gasteiger partial charge in [-0.2, -0.15) is 10.5 Å². The Morgan fingerprint density at radius 3 is 1.96 bits per heavy atom. The first-order valence-corrected chi connectivity index (χ1v) is 13.1. The van der Waals surface area contributed by atoms with E-state index in [9.17, 15) is 0 Å². The van der Waals surface area contributed by atoms with E-state index in [1.807, 2.05) is 0 Å². The summed E-state index contributed by atoms with van der Waals surface area (Å²) < 4.78 is 0. The molecule has 0 aliphatic heterocycles. The van der Waals surface area contributed by atoms with E-state index in [4.69, 9.17) is 0 Å². The lowest BCUT2D eigenvalue weighted by molar-refractivity contribution is 0.311. The van der Waals surface area contributed by atoms with Crippen LogP contribution in [0.1, 0.15) is 90.7 Å². The zero-order valence-electron chi connectivity index (χ0n) is 19.5. The van der Waals surface area contributed by atoms with Crippen molar-refractivity contribution >= 4 is 16.4 Å². The molecule has 0 heterocycles. The molecule has 156 valence electrons. The molecule has 27 heavy (non-hydrogen) atoms. The van der Waals surface area contributed by atoms with E-state index in [1.165, 1.54) is 48.8 Å². The first-order chi connectivity index (χ1) is 12.7. The Morgan fingerprint density at radius 1 is 1.00 bits per heavy atom. The van der Waals surface area contributed by atoms with Crippen molar-refractivity contribution < 1.29 is 0 Å². The van der Waals surface area contributed by atoms with Gasteiger partial charge in [-0.25, -0.2) is 0 Å². The largest absolute Gasteiger partial charge is 0.199 e. The molecule has 1 aromatic rings. The normalized spacial score (nSPS) is 15.1. The highest BCUT2D eigenvalue weighted by Gasteiger charge is 2.16. The number of hydrogen-bond acceptors (Lipinski definition) is 0. The molecule has 1 heteroatoms. The molecule has 0 aliphatic rings. The zero-order chi connectivity index (χ0) is 20.8. The maximum atomic E-state index is 3.67. The van der Waals surface area contributed by atoms with Crippen molar-refractivity contribution in [1.82, 2.24) is 0 Å². The molecule has 0 saturated carbocycles. The summed E-state index contributed by atoms with van der Waals surface area (Å²) in [6.07, 6.45) is 14.3. The van der Waals surface area contributed by atoms with E-state index in [0.29, 0.717) is 16.4 Å². The van der Waals surface area contributed by atoms with Crippen LogP contribution in [0.25, 0.3) is 0 Å². The van der Waals surface area contributed by atoms with Crippen molar-refractivity contribution in [2.24, 2.45) is 11.8 Å². The van der Waals surface area contributed by atoms with Crippen LogP contribution in [-0.4, -0.2) is 18.4 Å². The quantitative estimate of drug-likeness (QED) is 0.277. The monoisotopic (exact) mass is 390 g/mol.